The number of hydrogen-bond acceptors (Lipinski definition) is 2. The normalized spacial score (nSPS) is 33.6. The van der Waals surface area contributed by atoms with Gasteiger partial charge < -0.3 is 9.80 Å². The van der Waals surface area contributed by atoms with Crippen LogP contribution in [0, 0.1) is 17.8 Å². The molecule has 2 saturated carbocycles. The van der Waals surface area contributed by atoms with E-state index in [1.54, 1.807) is 0 Å². The van der Waals surface area contributed by atoms with E-state index in [4.69, 9.17) is 0 Å². The molecule has 0 aromatic rings. The molecule has 0 radical (unpaired) electrons. The third kappa shape index (κ3) is 2.36. The molecule has 2 unspecified atom stereocenters. The lowest BCUT2D eigenvalue weighted by Crippen LogP contribution is -2.65. The van der Waals surface area contributed by atoms with E-state index in [1.165, 1.54) is 25.7 Å². The molecule has 2 aliphatic carbocycles. The van der Waals surface area contributed by atoms with Crippen molar-refractivity contribution < 1.29 is 9.59 Å². The molecule has 116 valence electrons. The summed E-state index contributed by atoms with van der Waals surface area (Å²) >= 11 is 0. The molecule has 4 nitrogen and oxygen atoms in total. The van der Waals surface area contributed by atoms with Crippen LogP contribution in [0.2, 0.25) is 0 Å². The monoisotopic (exact) mass is 290 g/mol. The van der Waals surface area contributed by atoms with E-state index in [0.717, 1.165) is 44.2 Å². The Kier molecular flexibility index (Phi) is 3.23. The molecule has 4 rings (SSSR count). The summed E-state index contributed by atoms with van der Waals surface area (Å²) in [5.74, 6) is 2.74. The summed E-state index contributed by atoms with van der Waals surface area (Å²) in [4.78, 5) is 29.3. The van der Waals surface area contributed by atoms with Crippen molar-refractivity contribution in [2.45, 2.75) is 64.0 Å². The van der Waals surface area contributed by atoms with E-state index < -0.39 is 0 Å². The summed E-state index contributed by atoms with van der Waals surface area (Å²) in [6.45, 7) is 3.55. The lowest BCUT2D eigenvalue weighted by atomic mass is 9.92. The minimum Gasteiger partial charge on any atom is -0.329 e. The number of amides is 2. The number of nitrogens with zero attached hydrogens (tertiary/aromatic N) is 2. The van der Waals surface area contributed by atoms with Crippen LogP contribution in [-0.4, -0.2) is 46.8 Å². The number of rotatable bonds is 4. The van der Waals surface area contributed by atoms with Crippen molar-refractivity contribution in [3.05, 3.63) is 0 Å². The Morgan fingerprint density at radius 1 is 1.00 bits per heavy atom. The summed E-state index contributed by atoms with van der Waals surface area (Å²) in [5.41, 5.74) is 0. The van der Waals surface area contributed by atoms with Crippen molar-refractivity contribution >= 4 is 11.8 Å². The fraction of sp³-hybridized carbons (Fsp3) is 0.882. The van der Waals surface area contributed by atoms with Gasteiger partial charge in [-0.2, -0.15) is 0 Å². The zero-order valence-electron chi connectivity index (χ0n) is 13.0. The smallest absolute Gasteiger partial charge is 0.246 e. The second kappa shape index (κ2) is 4.99. The lowest BCUT2D eigenvalue weighted by Gasteiger charge is -2.47. The maximum absolute atomic E-state index is 12.9. The van der Waals surface area contributed by atoms with Crippen LogP contribution in [0.25, 0.3) is 0 Å². The van der Waals surface area contributed by atoms with Crippen LogP contribution in [0.1, 0.15) is 51.9 Å². The van der Waals surface area contributed by atoms with Gasteiger partial charge in [-0.05, 0) is 69.6 Å². The van der Waals surface area contributed by atoms with Crippen molar-refractivity contribution in [1.82, 2.24) is 9.80 Å². The highest BCUT2D eigenvalue weighted by Gasteiger charge is 2.48. The average Bonchev–Trinajstić information content (AvgIpc) is 3.38. The average molecular weight is 290 g/mol. The van der Waals surface area contributed by atoms with E-state index in [2.05, 4.69) is 0 Å². The highest BCUT2D eigenvalue weighted by Crippen LogP contribution is 2.49. The molecule has 2 aliphatic heterocycles. The second-order valence-electron chi connectivity index (χ2n) is 7.55. The minimum absolute atomic E-state index is 0.151. The number of hydrogen-bond donors (Lipinski definition) is 0. The zero-order valence-corrected chi connectivity index (χ0v) is 13.0. The van der Waals surface area contributed by atoms with E-state index in [0.29, 0.717) is 5.92 Å². The van der Waals surface area contributed by atoms with Crippen molar-refractivity contribution in [1.29, 1.82) is 0 Å². The van der Waals surface area contributed by atoms with E-state index in [1.807, 2.05) is 16.7 Å². The Morgan fingerprint density at radius 2 is 1.67 bits per heavy atom. The molecule has 4 heteroatoms. The standard InChI is InChI=1S/C17H26N2O2/c1-11-16(20)18-9-3-2-4-15(18)17(21)19(11)10-14(12-5-6-12)13-7-8-13/h11-15H,2-10H2,1H3. The molecular weight excluding hydrogens is 264 g/mol. The van der Waals surface area contributed by atoms with E-state index in [9.17, 15) is 9.59 Å². The summed E-state index contributed by atoms with van der Waals surface area (Å²) in [6, 6.07) is -0.395. The Morgan fingerprint density at radius 3 is 2.29 bits per heavy atom. The quantitative estimate of drug-likeness (QED) is 0.795. The Bertz CT molecular complexity index is 444. The third-order valence-corrected chi connectivity index (χ3v) is 6.04. The first kappa shape index (κ1) is 13.6. The van der Waals surface area contributed by atoms with Gasteiger partial charge in [0.05, 0.1) is 0 Å². The van der Waals surface area contributed by atoms with E-state index >= 15 is 0 Å². The van der Waals surface area contributed by atoms with Crippen LogP contribution < -0.4 is 0 Å². The van der Waals surface area contributed by atoms with Gasteiger partial charge in [0.1, 0.15) is 12.1 Å². The predicted molar refractivity (Wildman–Crippen MR) is 79.5 cm³/mol. The minimum atomic E-state index is -0.244. The first-order chi connectivity index (χ1) is 10.2. The number of fused-ring (bicyclic) bond motifs is 1. The van der Waals surface area contributed by atoms with Gasteiger partial charge >= 0.3 is 0 Å². The molecule has 0 aromatic carbocycles. The second-order valence-corrected chi connectivity index (χ2v) is 7.55. The fourth-order valence-corrected chi connectivity index (χ4v) is 4.41. The van der Waals surface area contributed by atoms with Gasteiger partial charge in [-0.15, -0.1) is 0 Å². The molecule has 2 atom stereocenters. The summed E-state index contributed by atoms with van der Waals surface area (Å²) in [7, 11) is 0. The van der Waals surface area contributed by atoms with Crippen LogP contribution in [0.4, 0.5) is 0 Å². The predicted octanol–water partition coefficient (Wildman–Crippen LogP) is 2.03. The Labute approximate surface area is 126 Å². The van der Waals surface area contributed by atoms with Gasteiger partial charge in [0.25, 0.3) is 0 Å². The van der Waals surface area contributed by atoms with Crippen molar-refractivity contribution in [3.63, 3.8) is 0 Å². The largest absolute Gasteiger partial charge is 0.329 e. The van der Waals surface area contributed by atoms with Gasteiger partial charge in [0.2, 0.25) is 11.8 Å². The SMILES string of the molecule is CC1C(=O)N2CCCCC2C(=O)N1CC(C1CC1)C1CC1. The molecule has 0 bridgehead atoms. The molecular formula is C17H26N2O2. The van der Waals surface area contributed by atoms with Crippen molar-refractivity contribution in [2.24, 2.45) is 17.8 Å². The lowest BCUT2D eigenvalue weighted by molar-refractivity contribution is -0.163. The first-order valence-corrected chi connectivity index (χ1v) is 8.78. The highest BCUT2D eigenvalue weighted by molar-refractivity contribution is 5.96. The van der Waals surface area contributed by atoms with Crippen LogP contribution >= 0.6 is 0 Å². The third-order valence-electron chi connectivity index (χ3n) is 6.04. The molecule has 21 heavy (non-hydrogen) atoms. The Balaban J connectivity index is 1.52. The van der Waals surface area contributed by atoms with Crippen LogP contribution in [0.5, 0.6) is 0 Å². The topological polar surface area (TPSA) is 40.6 Å². The van der Waals surface area contributed by atoms with Gasteiger partial charge in [0.15, 0.2) is 0 Å². The van der Waals surface area contributed by atoms with Crippen molar-refractivity contribution in [2.75, 3.05) is 13.1 Å². The Hall–Kier alpha value is -1.06. The summed E-state index contributed by atoms with van der Waals surface area (Å²) < 4.78 is 0. The molecule has 0 N–H and O–H groups in total. The number of piperazine rings is 1. The van der Waals surface area contributed by atoms with Gasteiger partial charge in [-0.25, -0.2) is 0 Å². The van der Waals surface area contributed by atoms with Crippen LogP contribution in [-0.2, 0) is 9.59 Å². The summed E-state index contributed by atoms with van der Waals surface area (Å²) in [6.07, 6.45) is 8.34. The van der Waals surface area contributed by atoms with Crippen LogP contribution in [0.15, 0.2) is 0 Å². The molecule has 0 aromatic heterocycles. The highest BCUT2D eigenvalue weighted by atomic mass is 16.2. The maximum atomic E-state index is 12.9. The van der Waals surface area contributed by atoms with Crippen molar-refractivity contribution in [3.8, 4) is 0 Å². The summed E-state index contributed by atoms with van der Waals surface area (Å²) in [5, 5.41) is 0. The number of carbonyl (C=O) groups is 2. The molecule has 2 heterocycles. The number of piperidine rings is 1. The van der Waals surface area contributed by atoms with E-state index in [-0.39, 0.29) is 23.9 Å². The molecule has 2 amide bonds. The maximum Gasteiger partial charge on any atom is 0.246 e. The van der Waals surface area contributed by atoms with Gasteiger partial charge in [-0.1, -0.05) is 0 Å². The molecule has 0 spiro atoms. The van der Waals surface area contributed by atoms with Crippen LogP contribution in [0.3, 0.4) is 0 Å². The first-order valence-electron chi connectivity index (χ1n) is 8.78. The molecule has 4 fully saturated rings. The van der Waals surface area contributed by atoms with Gasteiger partial charge in [-0.3, -0.25) is 9.59 Å². The van der Waals surface area contributed by atoms with Gasteiger partial charge in [0, 0.05) is 13.1 Å². The number of carbonyl (C=O) groups excluding carboxylic acids is 2. The fourth-order valence-electron chi connectivity index (χ4n) is 4.41. The molecule has 2 saturated heterocycles. The molecule has 4 aliphatic rings. The zero-order chi connectivity index (χ0) is 14.6.